The number of thiol groups is 1. The van der Waals surface area contributed by atoms with Gasteiger partial charge in [0.15, 0.2) is 0 Å². The van der Waals surface area contributed by atoms with Gasteiger partial charge in [-0.05, 0) is 24.6 Å². The minimum Gasteiger partial charge on any atom is -0.399 e. The van der Waals surface area contributed by atoms with Crippen molar-refractivity contribution in [2.45, 2.75) is 18.2 Å². The van der Waals surface area contributed by atoms with E-state index in [-0.39, 0.29) is 5.78 Å². The first-order chi connectivity index (χ1) is 5.59. The van der Waals surface area contributed by atoms with Crippen LogP contribution >= 0.6 is 12.6 Å². The molecule has 0 saturated carbocycles. The van der Waals surface area contributed by atoms with Gasteiger partial charge in [0.05, 0.1) is 0 Å². The molecular weight excluding hydrogens is 170 g/mol. The van der Waals surface area contributed by atoms with Crippen LogP contribution in [0.2, 0.25) is 0 Å². The molecule has 0 bridgehead atoms. The minimum atomic E-state index is 0.134. The van der Waals surface area contributed by atoms with Gasteiger partial charge in [-0.3, -0.25) is 4.79 Å². The van der Waals surface area contributed by atoms with Crippen LogP contribution in [0.15, 0.2) is 23.1 Å². The SMILES string of the molecule is CC(=O)Cc1ccc(N)cc1S. The zero-order valence-electron chi connectivity index (χ0n) is 6.87. The molecule has 0 aliphatic heterocycles. The van der Waals surface area contributed by atoms with Crippen LogP contribution in [-0.4, -0.2) is 5.78 Å². The van der Waals surface area contributed by atoms with Gasteiger partial charge in [0, 0.05) is 17.0 Å². The highest BCUT2D eigenvalue weighted by molar-refractivity contribution is 7.80. The first-order valence-electron chi connectivity index (χ1n) is 3.66. The monoisotopic (exact) mass is 181 g/mol. The number of nitrogens with two attached hydrogens (primary N) is 1. The van der Waals surface area contributed by atoms with E-state index in [1.165, 1.54) is 0 Å². The number of nitrogen functional groups attached to an aromatic ring is 1. The standard InChI is InChI=1S/C9H11NOS/c1-6(11)4-7-2-3-8(10)5-9(7)12/h2-3,5,12H,4,10H2,1H3. The van der Waals surface area contributed by atoms with Crippen molar-refractivity contribution in [3.8, 4) is 0 Å². The van der Waals surface area contributed by atoms with Gasteiger partial charge < -0.3 is 5.73 Å². The second-order valence-electron chi connectivity index (χ2n) is 2.77. The second kappa shape index (κ2) is 3.63. The number of carbonyl (C=O) groups is 1. The van der Waals surface area contributed by atoms with Gasteiger partial charge in [-0.1, -0.05) is 6.07 Å². The van der Waals surface area contributed by atoms with Gasteiger partial charge in [-0.25, -0.2) is 0 Å². The maximum Gasteiger partial charge on any atom is 0.134 e. The van der Waals surface area contributed by atoms with Crippen molar-refractivity contribution in [1.29, 1.82) is 0 Å². The van der Waals surface area contributed by atoms with E-state index in [4.69, 9.17) is 5.73 Å². The summed E-state index contributed by atoms with van der Waals surface area (Å²) >= 11 is 4.21. The van der Waals surface area contributed by atoms with Crippen LogP contribution in [0.5, 0.6) is 0 Å². The zero-order chi connectivity index (χ0) is 9.14. The Balaban J connectivity index is 2.93. The largest absolute Gasteiger partial charge is 0.399 e. The molecule has 0 spiro atoms. The van der Waals surface area contributed by atoms with E-state index in [2.05, 4.69) is 12.6 Å². The number of hydrogen-bond acceptors (Lipinski definition) is 3. The number of ketones is 1. The summed E-state index contributed by atoms with van der Waals surface area (Å²) in [6.07, 6.45) is 0.430. The summed E-state index contributed by atoms with van der Waals surface area (Å²) in [7, 11) is 0. The van der Waals surface area contributed by atoms with Gasteiger partial charge in [0.25, 0.3) is 0 Å². The fourth-order valence-corrected chi connectivity index (χ4v) is 1.30. The molecule has 12 heavy (non-hydrogen) atoms. The van der Waals surface area contributed by atoms with E-state index in [0.717, 1.165) is 10.5 Å². The number of hydrogen-bond donors (Lipinski definition) is 2. The molecule has 0 radical (unpaired) electrons. The Kier molecular flexibility index (Phi) is 2.76. The first-order valence-corrected chi connectivity index (χ1v) is 4.11. The number of rotatable bonds is 2. The van der Waals surface area contributed by atoms with Crippen molar-refractivity contribution in [2.75, 3.05) is 5.73 Å². The number of carbonyl (C=O) groups excluding carboxylic acids is 1. The Morgan fingerprint density at radius 2 is 2.25 bits per heavy atom. The number of anilines is 1. The van der Waals surface area contributed by atoms with Crippen LogP contribution < -0.4 is 5.73 Å². The van der Waals surface area contributed by atoms with E-state index in [1.807, 2.05) is 6.07 Å². The molecule has 0 aliphatic rings. The van der Waals surface area contributed by atoms with E-state index >= 15 is 0 Å². The molecule has 1 rings (SSSR count). The molecule has 0 aromatic heterocycles. The number of Topliss-reactive ketones (excluding diaryl/α,β-unsaturated/α-hetero) is 1. The summed E-state index contributed by atoms with van der Waals surface area (Å²) in [6.45, 7) is 1.56. The Hall–Kier alpha value is -0.960. The summed E-state index contributed by atoms with van der Waals surface area (Å²) < 4.78 is 0. The molecule has 0 saturated heterocycles. The van der Waals surface area contributed by atoms with Gasteiger partial charge in [0.2, 0.25) is 0 Å². The predicted molar refractivity (Wildman–Crippen MR) is 52.5 cm³/mol. The minimum absolute atomic E-state index is 0.134. The zero-order valence-corrected chi connectivity index (χ0v) is 7.77. The molecule has 0 amide bonds. The summed E-state index contributed by atoms with van der Waals surface area (Å²) in [4.78, 5) is 11.6. The average Bonchev–Trinajstić information content (AvgIpc) is 1.94. The van der Waals surface area contributed by atoms with Crippen LogP contribution in [-0.2, 0) is 11.2 Å². The van der Waals surface area contributed by atoms with Crippen molar-refractivity contribution < 1.29 is 4.79 Å². The molecule has 64 valence electrons. The fraction of sp³-hybridized carbons (Fsp3) is 0.222. The number of benzene rings is 1. The Labute approximate surface area is 77.2 Å². The van der Waals surface area contributed by atoms with Crippen molar-refractivity contribution in [3.63, 3.8) is 0 Å². The van der Waals surface area contributed by atoms with Crippen molar-refractivity contribution in [1.82, 2.24) is 0 Å². The fourth-order valence-electron chi connectivity index (χ4n) is 0.999. The smallest absolute Gasteiger partial charge is 0.134 e. The van der Waals surface area contributed by atoms with Crippen LogP contribution in [0.3, 0.4) is 0 Å². The topological polar surface area (TPSA) is 43.1 Å². The molecule has 0 aliphatic carbocycles. The van der Waals surface area contributed by atoms with Crippen molar-refractivity contribution in [3.05, 3.63) is 23.8 Å². The van der Waals surface area contributed by atoms with E-state index in [0.29, 0.717) is 12.1 Å². The van der Waals surface area contributed by atoms with Gasteiger partial charge >= 0.3 is 0 Å². The maximum atomic E-state index is 10.8. The summed E-state index contributed by atoms with van der Waals surface area (Å²) in [6, 6.07) is 5.36. The van der Waals surface area contributed by atoms with Crippen LogP contribution in [0.1, 0.15) is 12.5 Å². The third-order valence-corrected chi connectivity index (χ3v) is 1.97. The van der Waals surface area contributed by atoms with Crippen molar-refractivity contribution in [2.24, 2.45) is 0 Å². The molecule has 2 N–H and O–H groups in total. The predicted octanol–water partition coefficient (Wildman–Crippen LogP) is 1.69. The maximum absolute atomic E-state index is 10.8. The highest BCUT2D eigenvalue weighted by Gasteiger charge is 2.01. The highest BCUT2D eigenvalue weighted by atomic mass is 32.1. The van der Waals surface area contributed by atoms with Crippen LogP contribution in [0, 0.1) is 0 Å². The Bertz CT molecular complexity index is 309. The molecule has 1 aromatic rings. The lowest BCUT2D eigenvalue weighted by Gasteiger charge is -2.02. The third-order valence-electron chi connectivity index (χ3n) is 1.55. The van der Waals surface area contributed by atoms with E-state index in [9.17, 15) is 4.79 Å². The van der Waals surface area contributed by atoms with Crippen LogP contribution in [0.25, 0.3) is 0 Å². The summed E-state index contributed by atoms with van der Waals surface area (Å²) in [5, 5.41) is 0. The molecule has 1 aromatic carbocycles. The molecule has 0 heterocycles. The van der Waals surface area contributed by atoms with E-state index < -0.39 is 0 Å². The molecule has 0 atom stereocenters. The van der Waals surface area contributed by atoms with Gasteiger partial charge in [-0.15, -0.1) is 12.6 Å². The highest BCUT2D eigenvalue weighted by Crippen LogP contribution is 2.17. The third kappa shape index (κ3) is 2.27. The molecule has 0 fully saturated rings. The molecular formula is C9H11NOS. The quantitative estimate of drug-likeness (QED) is 0.538. The molecule has 2 nitrogen and oxygen atoms in total. The van der Waals surface area contributed by atoms with Gasteiger partial charge in [0.1, 0.15) is 5.78 Å². The summed E-state index contributed by atoms with van der Waals surface area (Å²) in [5.41, 5.74) is 7.13. The van der Waals surface area contributed by atoms with Gasteiger partial charge in [-0.2, -0.15) is 0 Å². The lowest BCUT2D eigenvalue weighted by atomic mass is 10.1. The van der Waals surface area contributed by atoms with Crippen LogP contribution in [0.4, 0.5) is 5.69 Å². The lowest BCUT2D eigenvalue weighted by molar-refractivity contribution is -0.116. The lowest BCUT2D eigenvalue weighted by Crippen LogP contribution is -1.98. The summed E-state index contributed by atoms with van der Waals surface area (Å²) in [5.74, 6) is 0.134. The normalized spacial score (nSPS) is 9.83. The molecule has 0 unspecified atom stereocenters. The Morgan fingerprint density at radius 1 is 1.58 bits per heavy atom. The second-order valence-corrected chi connectivity index (χ2v) is 3.25. The Morgan fingerprint density at radius 3 is 2.75 bits per heavy atom. The average molecular weight is 181 g/mol. The first kappa shape index (κ1) is 9.13. The molecule has 3 heteroatoms. The van der Waals surface area contributed by atoms with E-state index in [1.54, 1.807) is 19.1 Å². The van der Waals surface area contributed by atoms with Crippen molar-refractivity contribution >= 4 is 24.1 Å².